The Balaban J connectivity index is 2.31. The van der Waals surface area contributed by atoms with Gasteiger partial charge < -0.3 is 5.73 Å². The van der Waals surface area contributed by atoms with E-state index < -0.39 is 0 Å². The summed E-state index contributed by atoms with van der Waals surface area (Å²) in [6.45, 7) is 6.91. The lowest BCUT2D eigenvalue weighted by molar-refractivity contribution is 0.658. The van der Waals surface area contributed by atoms with Gasteiger partial charge in [-0.25, -0.2) is 0 Å². The van der Waals surface area contributed by atoms with Crippen molar-refractivity contribution in [3.8, 4) is 0 Å². The Morgan fingerprint density at radius 1 is 1.29 bits per heavy atom. The lowest BCUT2D eigenvalue weighted by Gasteiger charge is -2.06. The van der Waals surface area contributed by atoms with Gasteiger partial charge in [0.1, 0.15) is 0 Å². The molecule has 17 heavy (non-hydrogen) atoms. The number of nitrogens with zero attached hydrogens (tertiary/aromatic N) is 2. The third-order valence-electron chi connectivity index (χ3n) is 3.14. The van der Waals surface area contributed by atoms with Crippen molar-refractivity contribution in [3.63, 3.8) is 0 Å². The topological polar surface area (TPSA) is 43.8 Å². The normalized spacial score (nSPS) is 10.8. The van der Waals surface area contributed by atoms with Gasteiger partial charge in [0.25, 0.3) is 0 Å². The van der Waals surface area contributed by atoms with Crippen LogP contribution in [0.3, 0.4) is 0 Å². The van der Waals surface area contributed by atoms with Crippen molar-refractivity contribution in [3.05, 3.63) is 45.7 Å². The molecule has 0 fully saturated rings. The Kier molecular flexibility index (Phi) is 3.11. The monoisotopic (exact) mass is 249 g/mol. The van der Waals surface area contributed by atoms with Crippen molar-refractivity contribution in [2.45, 2.75) is 27.3 Å². The van der Waals surface area contributed by atoms with E-state index in [2.05, 4.69) is 18.9 Å². The number of halogens is 1. The van der Waals surface area contributed by atoms with Crippen LogP contribution in [0.15, 0.2) is 18.2 Å². The molecule has 4 heteroatoms. The lowest BCUT2D eigenvalue weighted by Crippen LogP contribution is -2.04. The van der Waals surface area contributed by atoms with Crippen LogP contribution in [0.2, 0.25) is 5.02 Å². The zero-order valence-corrected chi connectivity index (χ0v) is 11.0. The predicted molar refractivity (Wildman–Crippen MR) is 71.4 cm³/mol. The standard InChI is InChI=1S/C13H16ClN3/c1-8-9(2)16-17(10(8)3)7-11-4-5-12(14)13(15)6-11/h4-6H,7,15H2,1-3H3. The number of nitrogen functional groups attached to an aromatic ring is 1. The SMILES string of the molecule is Cc1nn(Cc2ccc(Cl)c(N)c2)c(C)c1C. The van der Waals surface area contributed by atoms with Crippen molar-refractivity contribution < 1.29 is 0 Å². The van der Waals surface area contributed by atoms with E-state index in [1.807, 2.05) is 29.8 Å². The minimum absolute atomic E-state index is 0.596. The van der Waals surface area contributed by atoms with E-state index >= 15 is 0 Å². The molecule has 0 aliphatic rings. The Morgan fingerprint density at radius 2 is 2.00 bits per heavy atom. The van der Waals surface area contributed by atoms with Crippen LogP contribution in [0.25, 0.3) is 0 Å². The second-order valence-electron chi connectivity index (χ2n) is 4.31. The molecule has 1 aromatic carbocycles. The van der Waals surface area contributed by atoms with Crippen molar-refractivity contribution >= 4 is 17.3 Å². The Hall–Kier alpha value is -1.48. The van der Waals surface area contributed by atoms with Gasteiger partial charge in [-0.15, -0.1) is 0 Å². The maximum atomic E-state index is 5.90. The molecule has 2 N–H and O–H groups in total. The summed E-state index contributed by atoms with van der Waals surface area (Å²) in [6.07, 6.45) is 0. The van der Waals surface area contributed by atoms with Gasteiger partial charge in [0, 0.05) is 5.69 Å². The highest BCUT2D eigenvalue weighted by Crippen LogP contribution is 2.21. The number of anilines is 1. The third kappa shape index (κ3) is 2.29. The molecule has 2 aromatic rings. The maximum absolute atomic E-state index is 5.90. The zero-order chi connectivity index (χ0) is 12.6. The lowest BCUT2D eigenvalue weighted by atomic mass is 10.2. The summed E-state index contributed by atoms with van der Waals surface area (Å²) in [6, 6.07) is 5.70. The summed E-state index contributed by atoms with van der Waals surface area (Å²) in [5.41, 5.74) is 11.0. The van der Waals surface area contributed by atoms with Gasteiger partial charge in [-0.05, 0) is 44.0 Å². The number of nitrogens with two attached hydrogens (primary N) is 1. The largest absolute Gasteiger partial charge is 0.398 e. The molecule has 0 radical (unpaired) electrons. The van der Waals surface area contributed by atoms with Crippen LogP contribution in [0, 0.1) is 20.8 Å². The number of hydrogen-bond acceptors (Lipinski definition) is 2. The molecule has 0 unspecified atom stereocenters. The van der Waals surface area contributed by atoms with Crippen LogP contribution < -0.4 is 5.73 Å². The molecule has 0 aliphatic heterocycles. The van der Waals surface area contributed by atoms with E-state index in [9.17, 15) is 0 Å². The minimum Gasteiger partial charge on any atom is -0.398 e. The molecule has 0 saturated carbocycles. The summed E-state index contributed by atoms with van der Waals surface area (Å²) < 4.78 is 1.99. The molecule has 0 aliphatic carbocycles. The van der Waals surface area contributed by atoms with Crippen molar-refractivity contribution in [1.82, 2.24) is 9.78 Å². The average molecular weight is 250 g/mol. The van der Waals surface area contributed by atoms with Crippen LogP contribution in [0.5, 0.6) is 0 Å². The number of hydrogen-bond donors (Lipinski definition) is 1. The number of aromatic nitrogens is 2. The minimum atomic E-state index is 0.596. The Morgan fingerprint density at radius 3 is 2.53 bits per heavy atom. The summed E-state index contributed by atoms with van der Waals surface area (Å²) in [4.78, 5) is 0. The Labute approximate surface area is 106 Å². The first-order valence-corrected chi connectivity index (χ1v) is 5.91. The molecular formula is C13H16ClN3. The predicted octanol–water partition coefficient (Wildman–Crippen LogP) is 3.09. The first-order chi connectivity index (χ1) is 7.99. The number of aryl methyl sites for hydroxylation is 1. The van der Waals surface area contributed by atoms with E-state index in [1.165, 1.54) is 11.3 Å². The van der Waals surface area contributed by atoms with Gasteiger partial charge in [-0.1, -0.05) is 17.7 Å². The van der Waals surface area contributed by atoms with Crippen LogP contribution in [0.4, 0.5) is 5.69 Å². The van der Waals surface area contributed by atoms with Crippen LogP contribution in [-0.4, -0.2) is 9.78 Å². The van der Waals surface area contributed by atoms with Gasteiger partial charge in [-0.2, -0.15) is 5.10 Å². The highest BCUT2D eigenvalue weighted by molar-refractivity contribution is 6.33. The van der Waals surface area contributed by atoms with Gasteiger partial charge >= 0.3 is 0 Å². The van der Waals surface area contributed by atoms with Crippen LogP contribution in [-0.2, 0) is 6.54 Å². The van der Waals surface area contributed by atoms with Gasteiger partial charge in [0.05, 0.1) is 22.9 Å². The fourth-order valence-corrected chi connectivity index (χ4v) is 1.92. The van der Waals surface area contributed by atoms with Crippen molar-refractivity contribution in [1.29, 1.82) is 0 Å². The number of rotatable bonds is 2. The fourth-order valence-electron chi connectivity index (χ4n) is 1.80. The van der Waals surface area contributed by atoms with Gasteiger partial charge in [0.2, 0.25) is 0 Å². The highest BCUT2D eigenvalue weighted by atomic mass is 35.5. The van der Waals surface area contributed by atoms with Gasteiger partial charge in [0.15, 0.2) is 0 Å². The second-order valence-corrected chi connectivity index (χ2v) is 4.72. The van der Waals surface area contributed by atoms with E-state index in [4.69, 9.17) is 17.3 Å². The molecule has 0 spiro atoms. The molecule has 0 atom stereocenters. The third-order valence-corrected chi connectivity index (χ3v) is 3.48. The second kappa shape index (κ2) is 4.41. The van der Waals surface area contributed by atoms with E-state index in [0.29, 0.717) is 10.7 Å². The maximum Gasteiger partial charge on any atom is 0.0663 e. The highest BCUT2D eigenvalue weighted by Gasteiger charge is 2.08. The molecular weight excluding hydrogens is 234 g/mol. The molecule has 1 aromatic heterocycles. The first-order valence-electron chi connectivity index (χ1n) is 5.53. The smallest absolute Gasteiger partial charge is 0.0663 e. The Bertz CT molecular complexity index is 558. The van der Waals surface area contributed by atoms with Crippen molar-refractivity contribution in [2.24, 2.45) is 0 Å². The molecule has 3 nitrogen and oxygen atoms in total. The molecule has 0 saturated heterocycles. The van der Waals surface area contributed by atoms with Crippen LogP contribution in [0.1, 0.15) is 22.5 Å². The van der Waals surface area contributed by atoms with Crippen molar-refractivity contribution in [2.75, 3.05) is 5.73 Å². The van der Waals surface area contributed by atoms with E-state index in [-0.39, 0.29) is 0 Å². The summed E-state index contributed by atoms with van der Waals surface area (Å²) >= 11 is 5.90. The molecule has 2 rings (SSSR count). The molecule has 1 heterocycles. The molecule has 0 amide bonds. The average Bonchev–Trinajstić information content (AvgIpc) is 2.52. The van der Waals surface area contributed by atoms with Crippen LogP contribution >= 0.6 is 11.6 Å². The summed E-state index contributed by atoms with van der Waals surface area (Å²) in [7, 11) is 0. The first kappa shape index (κ1) is 12.0. The van der Waals surface area contributed by atoms with E-state index in [0.717, 1.165) is 17.8 Å². The quantitative estimate of drug-likeness (QED) is 0.832. The van der Waals surface area contributed by atoms with Gasteiger partial charge in [-0.3, -0.25) is 4.68 Å². The van der Waals surface area contributed by atoms with E-state index in [1.54, 1.807) is 0 Å². The zero-order valence-electron chi connectivity index (χ0n) is 10.3. The summed E-state index contributed by atoms with van der Waals surface area (Å²) in [5, 5.41) is 5.10. The number of benzene rings is 1. The molecule has 90 valence electrons. The fraction of sp³-hybridized carbons (Fsp3) is 0.308. The molecule has 0 bridgehead atoms. The summed E-state index contributed by atoms with van der Waals surface area (Å²) in [5.74, 6) is 0.